The summed E-state index contributed by atoms with van der Waals surface area (Å²) in [7, 11) is -9.43. The SMILES string of the molecule is CN(CC1CN(S(C)(=O)=O)CCS1(=O)=O)c1cc(N2CCS(=O)(=O)C3(CCCCC3)C2)nc(C(F)(F)F)n1. The second-order valence-corrected chi connectivity index (χ2v) is 17.3. The Kier molecular flexibility index (Phi) is 7.73. The third-order valence-electron chi connectivity index (χ3n) is 7.69. The minimum absolute atomic E-state index is 0.0210. The number of hydrogen-bond donors (Lipinski definition) is 0. The third-order valence-corrected chi connectivity index (χ3v) is 13.6. The Morgan fingerprint density at radius 3 is 2.34 bits per heavy atom. The van der Waals surface area contributed by atoms with E-state index >= 15 is 0 Å². The van der Waals surface area contributed by atoms with E-state index in [1.807, 2.05) is 0 Å². The van der Waals surface area contributed by atoms with E-state index in [0.29, 0.717) is 12.8 Å². The molecule has 1 aliphatic carbocycles. The smallest absolute Gasteiger partial charge is 0.358 e. The van der Waals surface area contributed by atoms with E-state index in [2.05, 4.69) is 9.97 Å². The van der Waals surface area contributed by atoms with Crippen LogP contribution in [0.3, 0.4) is 0 Å². The van der Waals surface area contributed by atoms with Crippen LogP contribution in [0.5, 0.6) is 0 Å². The van der Waals surface area contributed by atoms with Crippen LogP contribution in [0, 0.1) is 0 Å². The van der Waals surface area contributed by atoms with E-state index in [1.54, 1.807) is 4.90 Å². The minimum Gasteiger partial charge on any atom is -0.358 e. The number of alkyl halides is 3. The first-order valence-corrected chi connectivity index (χ1v) is 17.5. The van der Waals surface area contributed by atoms with E-state index in [4.69, 9.17) is 0 Å². The Balaban J connectivity index is 1.66. The summed E-state index contributed by atoms with van der Waals surface area (Å²) in [5, 5.41) is -1.17. The predicted octanol–water partition coefficient (Wildman–Crippen LogP) is 0.928. The Bertz CT molecular complexity index is 1380. The van der Waals surface area contributed by atoms with Crippen molar-refractivity contribution >= 4 is 41.3 Å². The lowest BCUT2D eigenvalue weighted by molar-refractivity contribution is -0.144. The van der Waals surface area contributed by atoms with Gasteiger partial charge < -0.3 is 9.80 Å². The second kappa shape index (κ2) is 10.0. The molecule has 3 heterocycles. The van der Waals surface area contributed by atoms with Crippen molar-refractivity contribution in [1.82, 2.24) is 14.3 Å². The minimum atomic E-state index is -4.90. The quantitative estimate of drug-likeness (QED) is 0.478. The average Bonchev–Trinajstić information content (AvgIpc) is 2.81. The molecule has 0 bridgehead atoms. The fourth-order valence-corrected chi connectivity index (χ4v) is 10.3. The Labute approximate surface area is 221 Å². The van der Waals surface area contributed by atoms with Gasteiger partial charge in [0, 0.05) is 45.8 Å². The maximum absolute atomic E-state index is 13.8. The molecule has 0 N–H and O–H groups in total. The number of hydrogen-bond acceptors (Lipinski definition) is 10. The number of halogens is 3. The van der Waals surface area contributed by atoms with Gasteiger partial charge in [-0.05, 0) is 12.8 Å². The van der Waals surface area contributed by atoms with Crippen molar-refractivity contribution in [3.05, 3.63) is 11.9 Å². The topological polar surface area (TPSA) is 138 Å². The molecule has 3 fully saturated rings. The molecule has 1 atom stereocenters. The lowest BCUT2D eigenvalue weighted by Crippen LogP contribution is -2.57. The number of sulfonamides is 1. The van der Waals surface area contributed by atoms with Gasteiger partial charge in [0.25, 0.3) is 0 Å². The Morgan fingerprint density at radius 1 is 1.08 bits per heavy atom. The fourth-order valence-electron chi connectivity index (χ4n) is 5.44. The molecular weight excluding hydrogens is 571 g/mol. The van der Waals surface area contributed by atoms with Gasteiger partial charge in [0.2, 0.25) is 15.8 Å². The lowest BCUT2D eigenvalue weighted by Gasteiger charge is -2.45. The summed E-state index contributed by atoms with van der Waals surface area (Å²) >= 11 is 0. The standard InChI is InChI=1S/C21H32F3N5O6S3/c1-27(13-16-14-29(36(2,30)31)9-10-37(16,32)33)17-12-18(26-19(25-17)21(22,23)24)28-8-11-38(34,35)20(15-28)6-4-3-5-7-20/h12,16H,3-11,13-15H2,1-2H3. The van der Waals surface area contributed by atoms with Gasteiger partial charge in [-0.2, -0.15) is 17.5 Å². The van der Waals surface area contributed by atoms with E-state index in [-0.39, 0.29) is 50.1 Å². The first-order chi connectivity index (χ1) is 17.4. The maximum atomic E-state index is 13.8. The zero-order chi connectivity index (χ0) is 28.1. The van der Waals surface area contributed by atoms with Gasteiger partial charge in [0.15, 0.2) is 19.7 Å². The van der Waals surface area contributed by atoms with Gasteiger partial charge in [-0.15, -0.1) is 0 Å². The van der Waals surface area contributed by atoms with Gasteiger partial charge in [-0.3, -0.25) is 0 Å². The fraction of sp³-hybridized carbons (Fsp3) is 0.810. The van der Waals surface area contributed by atoms with Crippen LogP contribution in [-0.2, 0) is 35.9 Å². The Morgan fingerprint density at radius 2 is 1.74 bits per heavy atom. The molecule has 0 amide bonds. The molecule has 2 saturated heterocycles. The van der Waals surface area contributed by atoms with Gasteiger partial charge in [0.1, 0.15) is 11.6 Å². The van der Waals surface area contributed by atoms with Crippen LogP contribution in [0.25, 0.3) is 0 Å². The molecule has 1 spiro atoms. The predicted molar refractivity (Wildman–Crippen MR) is 136 cm³/mol. The van der Waals surface area contributed by atoms with E-state index in [1.165, 1.54) is 18.0 Å². The van der Waals surface area contributed by atoms with Crippen LogP contribution in [0.1, 0.15) is 37.9 Å². The molecule has 1 aromatic heterocycles. The largest absolute Gasteiger partial charge is 0.451 e. The summed E-state index contributed by atoms with van der Waals surface area (Å²) < 4.78 is 117. The van der Waals surface area contributed by atoms with E-state index in [9.17, 15) is 38.4 Å². The van der Waals surface area contributed by atoms with Crippen molar-refractivity contribution in [1.29, 1.82) is 0 Å². The molecule has 0 radical (unpaired) electrons. The summed E-state index contributed by atoms with van der Waals surface area (Å²) in [6, 6.07) is 1.30. The van der Waals surface area contributed by atoms with Crippen LogP contribution in [0.4, 0.5) is 24.8 Å². The van der Waals surface area contributed by atoms with Crippen LogP contribution in [0.2, 0.25) is 0 Å². The molecule has 38 heavy (non-hydrogen) atoms. The monoisotopic (exact) mass is 603 g/mol. The molecule has 2 aliphatic heterocycles. The molecule has 1 saturated carbocycles. The molecule has 1 aromatic rings. The molecule has 3 aliphatic rings. The number of sulfone groups is 2. The number of nitrogens with zero attached hydrogens (tertiary/aromatic N) is 5. The molecule has 0 aromatic carbocycles. The molecular formula is C21H32F3N5O6S3. The number of anilines is 2. The summed E-state index contributed by atoms with van der Waals surface area (Å²) in [5.41, 5.74) is 0. The summed E-state index contributed by atoms with van der Waals surface area (Å²) in [6.07, 6.45) is -0.717. The summed E-state index contributed by atoms with van der Waals surface area (Å²) in [4.78, 5) is 10.1. The van der Waals surface area contributed by atoms with Crippen LogP contribution in [-0.4, -0.2) is 107 Å². The molecule has 1 unspecified atom stereocenters. The van der Waals surface area contributed by atoms with Crippen LogP contribution < -0.4 is 9.80 Å². The van der Waals surface area contributed by atoms with Crippen molar-refractivity contribution in [2.75, 3.05) is 67.3 Å². The van der Waals surface area contributed by atoms with Crippen molar-refractivity contribution in [3.8, 4) is 0 Å². The second-order valence-electron chi connectivity index (χ2n) is 10.4. The lowest BCUT2D eigenvalue weighted by atomic mass is 9.87. The van der Waals surface area contributed by atoms with Gasteiger partial charge in [-0.25, -0.2) is 35.2 Å². The first kappa shape index (κ1) is 29.3. The van der Waals surface area contributed by atoms with Crippen molar-refractivity contribution in [2.45, 2.75) is 48.3 Å². The number of aromatic nitrogens is 2. The van der Waals surface area contributed by atoms with Crippen molar-refractivity contribution in [2.24, 2.45) is 0 Å². The highest BCUT2D eigenvalue weighted by atomic mass is 32.2. The van der Waals surface area contributed by atoms with Crippen molar-refractivity contribution in [3.63, 3.8) is 0 Å². The van der Waals surface area contributed by atoms with Crippen LogP contribution in [0.15, 0.2) is 6.07 Å². The van der Waals surface area contributed by atoms with E-state index in [0.717, 1.165) is 29.8 Å². The third kappa shape index (κ3) is 5.89. The van der Waals surface area contributed by atoms with Gasteiger partial charge in [0.05, 0.1) is 27.8 Å². The van der Waals surface area contributed by atoms with E-state index < -0.39 is 57.4 Å². The highest BCUT2D eigenvalue weighted by Gasteiger charge is 2.49. The van der Waals surface area contributed by atoms with Gasteiger partial charge >= 0.3 is 6.18 Å². The highest BCUT2D eigenvalue weighted by molar-refractivity contribution is 7.93. The molecule has 17 heteroatoms. The zero-order valence-corrected chi connectivity index (χ0v) is 23.6. The molecule has 216 valence electrons. The molecule has 4 rings (SSSR count). The Hall–Kier alpha value is -1.72. The van der Waals surface area contributed by atoms with Crippen LogP contribution >= 0.6 is 0 Å². The highest BCUT2D eigenvalue weighted by Crippen LogP contribution is 2.40. The summed E-state index contributed by atoms with van der Waals surface area (Å²) in [5.74, 6) is -2.30. The molecule has 11 nitrogen and oxygen atoms in total. The normalized spacial score (nSPS) is 25.8. The van der Waals surface area contributed by atoms with Gasteiger partial charge in [-0.1, -0.05) is 19.3 Å². The zero-order valence-electron chi connectivity index (χ0n) is 21.2. The summed E-state index contributed by atoms with van der Waals surface area (Å²) in [6.45, 7) is -0.797. The number of rotatable bonds is 5. The van der Waals surface area contributed by atoms with Crippen molar-refractivity contribution < 1.29 is 38.4 Å². The maximum Gasteiger partial charge on any atom is 0.451 e. The first-order valence-electron chi connectivity index (χ1n) is 12.2. The average molecular weight is 604 g/mol.